The van der Waals surface area contributed by atoms with Crippen molar-refractivity contribution < 1.29 is 27.8 Å². The number of aliphatic hydroxyl groups is 1. The van der Waals surface area contributed by atoms with Crippen molar-refractivity contribution >= 4 is 0 Å². The van der Waals surface area contributed by atoms with Crippen LogP contribution in [0, 0.1) is 0 Å². The van der Waals surface area contributed by atoms with Gasteiger partial charge in [-0.3, -0.25) is 0 Å². The van der Waals surface area contributed by atoms with Crippen molar-refractivity contribution in [3.8, 4) is 0 Å². The number of aliphatic hydroxyl groups excluding tert-OH is 1. The third kappa shape index (κ3) is 1.96. The maximum absolute atomic E-state index is 12.5. The molecule has 86 valence electrons. The number of halogens is 3. The van der Waals surface area contributed by atoms with Crippen LogP contribution in [0.3, 0.4) is 0 Å². The second-order valence-corrected chi connectivity index (χ2v) is 3.71. The first kappa shape index (κ1) is 10.8. The summed E-state index contributed by atoms with van der Waals surface area (Å²) in [7, 11) is 0. The zero-order chi connectivity index (χ0) is 11.1. The molecule has 1 fully saturated rings. The molecule has 15 heavy (non-hydrogen) atoms. The van der Waals surface area contributed by atoms with E-state index in [1.807, 2.05) is 0 Å². The molecule has 1 spiro atoms. The fourth-order valence-electron chi connectivity index (χ4n) is 1.93. The summed E-state index contributed by atoms with van der Waals surface area (Å²) in [6.07, 6.45) is -4.69. The van der Waals surface area contributed by atoms with Crippen LogP contribution in [0.1, 0.15) is 19.3 Å². The van der Waals surface area contributed by atoms with Gasteiger partial charge in [0.2, 0.25) is 0 Å². The number of hydrogen-bond acceptors (Lipinski definition) is 3. The summed E-state index contributed by atoms with van der Waals surface area (Å²) in [5.74, 6) is -1.75. The van der Waals surface area contributed by atoms with E-state index in [4.69, 9.17) is 9.47 Å². The molecule has 0 bridgehead atoms. The predicted molar refractivity (Wildman–Crippen MR) is 44.2 cm³/mol. The number of allylic oxidation sites excluding steroid dienone is 1. The lowest BCUT2D eigenvalue weighted by Crippen LogP contribution is -2.37. The van der Waals surface area contributed by atoms with Gasteiger partial charge in [0.05, 0.1) is 18.8 Å². The minimum absolute atomic E-state index is 0.0468. The Hall–Kier alpha value is -0.750. The molecule has 2 aliphatic rings. The van der Waals surface area contributed by atoms with E-state index in [1.165, 1.54) is 0 Å². The van der Waals surface area contributed by atoms with Crippen molar-refractivity contribution in [3.05, 3.63) is 11.3 Å². The van der Waals surface area contributed by atoms with Gasteiger partial charge in [-0.25, -0.2) is 0 Å². The zero-order valence-electron chi connectivity index (χ0n) is 7.93. The normalized spacial score (nSPS) is 26.3. The van der Waals surface area contributed by atoms with Gasteiger partial charge in [-0.15, -0.1) is 0 Å². The molecule has 0 saturated carbocycles. The predicted octanol–water partition coefficient (Wildman–Crippen LogP) is 2.29. The maximum Gasteiger partial charge on any atom is 0.416 e. The highest BCUT2D eigenvalue weighted by molar-refractivity contribution is 5.19. The largest absolute Gasteiger partial charge is 0.512 e. The zero-order valence-corrected chi connectivity index (χ0v) is 7.93. The Morgan fingerprint density at radius 2 is 1.80 bits per heavy atom. The SMILES string of the molecule is OC1=C(C(F)(F)F)CC2(CC1)OCCO2. The van der Waals surface area contributed by atoms with Crippen molar-refractivity contribution in [2.45, 2.75) is 31.2 Å². The van der Waals surface area contributed by atoms with Gasteiger partial charge < -0.3 is 14.6 Å². The quantitative estimate of drug-likeness (QED) is 0.686. The van der Waals surface area contributed by atoms with E-state index < -0.39 is 29.7 Å². The molecule has 0 aromatic carbocycles. The smallest absolute Gasteiger partial charge is 0.416 e. The van der Waals surface area contributed by atoms with Crippen molar-refractivity contribution in [1.29, 1.82) is 0 Å². The fraction of sp³-hybridized carbons (Fsp3) is 0.778. The molecule has 0 atom stereocenters. The van der Waals surface area contributed by atoms with Crippen LogP contribution in [0.5, 0.6) is 0 Å². The second-order valence-electron chi connectivity index (χ2n) is 3.71. The number of ether oxygens (including phenoxy) is 2. The maximum atomic E-state index is 12.5. The molecular formula is C9H11F3O3. The number of rotatable bonds is 0. The summed E-state index contributed by atoms with van der Waals surface area (Å²) in [5, 5.41) is 9.20. The molecule has 1 N–H and O–H groups in total. The van der Waals surface area contributed by atoms with E-state index >= 15 is 0 Å². The highest BCUT2D eigenvalue weighted by atomic mass is 19.4. The number of hydrogen-bond donors (Lipinski definition) is 1. The molecule has 1 aliphatic heterocycles. The Morgan fingerprint density at radius 3 is 2.33 bits per heavy atom. The third-order valence-corrected chi connectivity index (χ3v) is 2.69. The lowest BCUT2D eigenvalue weighted by atomic mass is 9.91. The van der Waals surface area contributed by atoms with Crippen LogP contribution >= 0.6 is 0 Å². The molecule has 1 heterocycles. The summed E-state index contributed by atoms with van der Waals surface area (Å²) in [6.45, 7) is 0.623. The molecule has 0 radical (unpaired) electrons. The van der Waals surface area contributed by atoms with E-state index in [1.54, 1.807) is 0 Å². The van der Waals surface area contributed by atoms with Gasteiger partial charge in [-0.2, -0.15) is 13.2 Å². The molecular weight excluding hydrogens is 213 g/mol. The Labute approximate surface area is 84.5 Å². The van der Waals surface area contributed by atoms with Crippen LogP contribution in [0.25, 0.3) is 0 Å². The Kier molecular flexibility index (Phi) is 2.42. The monoisotopic (exact) mass is 224 g/mol. The Morgan fingerprint density at radius 1 is 1.20 bits per heavy atom. The molecule has 0 amide bonds. The Balaban J connectivity index is 2.22. The highest BCUT2D eigenvalue weighted by Gasteiger charge is 2.48. The average Bonchev–Trinajstić information content (AvgIpc) is 2.57. The molecule has 0 aromatic heterocycles. The summed E-state index contributed by atoms with van der Waals surface area (Å²) in [6, 6.07) is 0. The summed E-state index contributed by atoms with van der Waals surface area (Å²) < 4.78 is 47.9. The fourth-order valence-corrected chi connectivity index (χ4v) is 1.93. The molecule has 0 aromatic rings. The van der Waals surface area contributed by atoms with Crippen LogP contribution < -0.4 is 0 Å². The van der Waals surface area contributed by atoms with Crippen LogP contribution in [0.4, 0.5) is 13.2 Å². The first-order valence-electron chi connectivity index (χ1n) is 4.69. The summed E-state index contributed by atoms with van der Waals surface area (Å²) in [4.78, 5) is 0. The van der Waals surface area contributed by atoms with E-state index in [2.05, 4.69) is 0 Å². The molecule has 6 heteroatoms. The molecule has 2 rings (SSSR count). The van der Waals surface area contributed by atoms with Gasteiger partial charge in [0.25, 0.3) is 0 Å². The van der Waals surface area contributed by atoms with Crippen LogP contribution in [0.15, 0.2) is 11.3 Å². The van der Waals surface area contributed by atoms with E-state index in [-0.39, 0.29) is 12.8 Å². The van der Waals surface area contributed by atoms with Gasteiger partial charge in [0, 0.05) is 19.3 Å². The van der Waals surface area contributed by atoms with E-state index in [0.29, 0.717) is 13.2 Å². The molecule has 3 nitrogen and oxygen atoms in total. The van der Waals surface area contributed by atoms with Gasteiger partial charge in [0.1, 0.15) is 5.76 Å². The lowest BCUT2D eigenvalue weighted by molar-refractivity contribution is -0.182. The van der Waals surface area contributed by atoms with Gasteiger partial charge in [0.15, 0.2) is 5.79 Å². The van der Waals surface area contributed by atoms with Crippen molar-refractivity contribution in [3.63, 3.8) is 0 Å². The molecule has 1 aliphatic carbocycles. The third-order valence-electron chi connectivity index (χ3n) is 2.69. The average molecular weight is 224 g/mol. The van der Waals surface area contributed by atoms with Crippen molar-refractivity contribution in [2.75, 3.05) is 13.2 Å². The highest BCUT2D eigenvalue weighted by Crippen LogP contribution is 2.43. The Bertz CT molecular complexity index is 289. The summed E-state index contributed by atoms with van der Waals surface area (Å²) in [5.41, 5.74) is -0.921. The topological polar surface area (TPSA) is 38.7 Å². The van der Waals surface area contributed by atoms with Gasteiger partial charge in [-0.05, 0) is 0 Å². The standard InChI is InChI=1S/C9H11F3O3/c10-9(11,12)6-5-8(2-1-7(6)13)14-3-4-15-8/h13H,1-5H2. The van der Waals surface area contributed by atoms with Crippen LogP contribution in [-0.2, 0) is 9.47 Å². The summed E-state index contributed by atoms with van der Waals surface area (Å²) >= 11 is 0. The molecule has 1 saturated heterocycles. The van der Waals surface area contributed by atoms with Gasteiger partial charge in [-0.1, -0.05) is 0 Å². The van der Waals surface area contributed by atoms with Gasteiger partial charge >= 0.3 is 6.18 Å². The minimum Gasteiger partial charge on any atom is -0.512 e. The van der Waals surface area contributed by atoms with Crippen molar-refractivity contribution in [2.24, 2.45) is 0 Å². The lowest BCUT2D eigenvalue weighted by Gasteiger charge is -2.33. The van der Waals surface area contributed by atoms with E-state index in [9.17, 15) is 18.3 Å². The van der Waals surface area contributed by atoms with Crippen molar-refractivity contribution in [1.82, 2.24) is 0 Å². The minimum atomic E-state index is -4.51. The van der Waals surface area contributed by atoms with Crippen LogP contribution in [0.2, 0.25) is 0 Å². The number of alkyl halides is 3. The second kappa shape index (κ2) is 3.38. The first-order chi connectivity index (χ1) is 6.93. The molecule has 0 unspecified atom stereocenters. The first-order valence-corrected chi connectivity index (χ1v) is 4.69. The van der Waals surface area contributed by atoms with E-state index in [0.717, 1.165) is 0 Å². The van der Waals surface area contributed by atoms with Crippen LogP contribution in [-0.4, -0.2) is 30.3 Å².